The minimum atomic E-state index is -4.46. The molecule has 7 nitrogen and oxygen atoms in total. The lowest BCUT2D eigenvalue weighted by Gasteiger charge is -2.07. The van der Waals surface area contributed by atoms with E-state index in [0.717, 1.165) is 0 Å². The van der Waals surface area contributed by atoms with Crippen LogP contribution >= 0.6 is 0 Å². The summed E-state index contributed by atoms with van der Waals surface area (Å²) >= 11 is 0. The van der Waals surface area contributed by atoms with Gasteiger partial charge >= 0.3 is 0 Å². The molecule has 0 bridgehead atoms. The highest BCUT2D eigenvalue weighted by Gasteiger charge is 2.16. The van der Waals surface area contributed by atoms with Crippen LogP contribution in [0, 0.1) is 0 Å². The van der Waals surface area contributed by atoms with Crippen molar-refractivity contribution in [2.45, 2.75) is 4.90 Å². The molecule has 0 saturated heterocycles. The van der Waals surface area contributed by atoms with Crippen molar-refractivity contribution >= 4 is 43.0 Å². The van der Waals surface area contributed by atoms with Gasteiger partial charge in [0.2, 0.25) is 0 Å². The Morgan fingerprint density at radius 1 is 0.679 bits per heavy atom. The lowest BCUT2D eigenvalue weighted by molar-refractivity contribution is 0.475. The Kier molecular flexibility index (Phi) is 4.21. The molecule has 0 atom stereocenters. The Hall–Kier alpha value is -3.49. The lowest BCUT2D eigenvalue weighted by atomic mass is 10.1. The van der Waals surface area contributed by atoms with E-state index in [-0.39, 0.29) is 27.5 Å². The topological polar surface area (TPSA) is 120 Å². The maximum Gasteiger partial charge on any atom is 0.295 e. The Morgan fingerprint density at radius 3 is 2.04 bits per heavy atom. The Labute approximate surface area is 160 Å². The summed E-state index contributed by atoms with van der Waals surface area (Å²) in [6, 6.07) is 17.1. The molecule has 0 heterocycles. The summed E-state index contributed by atoms with van der Waals surface area (Å²) in [7, 11) is -4.46. The minimum absolute atomic E-state index is 0.0105. The van der Waals surface area contributed by atoms with Gasteiger partial charge in [0.1, 0.15) is 16.4 Å². The molecule has 8 heteroatoms. The number of hydrogen-bond acceptors (Lipinski definition) is 6. The maximum absolute atomic E-state index is 11.8. The van der Waals surface area contributed by atoms with Crippen LogP contribution in [-0.4, -0.2) is 23.2 Å². The van der Waals surface area contributed by atoms with Crippen molar-refractivity contribution in [1.29, 1.82) is 0 Å². The fourth-order valence-electron chi connectivity index (χ4n) is 3.13. The van der Waals surface area contributed by atoms with E-state index in [9.17, 15) is 23.2 Å². The van der Waals surface area contributed by atoms with E-state index in [1.807, 2.05) is 0 Å². The molecule has 4 aromatic rings. The fourth-order valence-corrected chi connectivity index (χ4v) is 3.86. The summed E-state index contributed by atoms with van der Waals surface area (Å²) in [5, 5.41) is 30.0. The third-order valence-electron chi connectivity index (χ3n) is 4.36. The standard InChI is InChI=1S/C20H14N2O5S/c23-16-11-10-15(20-13(16)6-3-8-17(20)24)22-21-14-7-1-4-12-5-2-9-18(19(12)14)28(25,26)27/h1-11,23-24H,(H,25,26,27)/b22-21+. The summed E-state index contributed by atoms with van der Waals surface area (Å²) in [6.45, 7) is 0. The number of fused-ring (bicyclic) bond motifs is 2. The van der Waals surface area contributed by atoms with E-state index >= 15 is 0 Å². The summed E-state index contributed by atoms with van der Waals surface area (Å²) in [5.74, 6) is -0.0810. The van der Waals surface area contributed by atoms with Gasteiger partial charge in [-0.15, -0.1) is 10.2 Å². The van der Waals surface area contributed by atoms with Crippen molar-refractivity contribution in [2.75, 3.05) is 0 Å². The molecule has 3 N–H and O–H groups in total. The Balaban J connectivity index is 1.94. The first-order valence-electron chi connectivity index (χ1n) is 8.21. The van der Waals surface area contributed by atoms with Crippen LogP contribution in [0.25, 0.3) is 21.5 Å². The zero-order valence-corrected chi connectivity index (χ0v) is 15.1. The Bertz CT molecular complexity index is 1360. The summed E-state index contributed by atoms with van der Waals surface area (Å²) in [4.78, 5) is -0.266. The van der Waals surface area contributed by atoms with Crippen molar-refractivity contribution in [3.8, 4) is 11.5 Å². The molecule has 28 heavy (non-hydrogen) atoms. The van der Waals surface area contributed by atoms with Crippen molar-refractivity contribution < 1.29 is 23.2 Å². The van der Waals surface area contributed by atoms with Gasteiger partial charge < -0.3 is 10.2 Å². The van der Waals surface area contributed by atoms with Gasteiger partial charge in [0.15, 0.2) is 0 Å². The molecule has 0 fully saturated rings. The summed E-state index contributed by atoms with van der Waals surface area (Å²) in [5.41, 5.74) is 0.537. The first-order chi connectivity index (χ1) is 13.4. The third-order valence-corrected chi connectivity index (χ3v) is 5.26. The summed E-state index contributed by atoms with van der Waals surface area (Å²) in [6.07, 6.45) is 0. The van der Waals surface area contributed by atoms with E-state index < -0.39 is 10.1 Å². The monoisotopic (exact) mass is 394 g/mol. The van der Waals surface area contributed by atoms with E-state index in [1.165, 1.54) is 30.3 Å². The minimum Gasteiger partial charge on any atom is -0.507 e. The Morgan fingerprint density at radius 2 is 1.32 bits per heavy atom. The molecule has 140 valence electrons. The fraction of sp³-hybridized carbons (Fsp3) is 0. The van der Waals surface area contributed by atoms with Gasteiger partial charge in [-0.1, -0.05) is 36.4 Å². The van der Waals surface area contributed by atoms with E-state index in [4.69, 9.17) is 0 Å². The van der Waals surface area contributed by atoms with Crippen molar-refractivity contribution in [2.24, 2.45) is 10.2 Å². The average molecular weight is 394 g/mol. The quantitative estimate of drug-likeness (QED) is 0.331. The average Bonchev–Trinajstić information content (AvgIpc) is 2.67. The molecular formula is C20H14N2O5S. The molecule has 0 aliphatic heterocycles. The number of rotatable bonds is 3. The molecule has 0 saturated carbocycles. The number of phenolic OH excluding ortho intramolecular Hbond substituents is 2. The third kappa shape index (κ3) is 3.04. The molecule has 0 aromatic heterocycles. The molecule has 0 amide bonds. The van der Waals surface area contributed by atoms with Crippen molar-refractivity contribution in [1.82, 2.24) is 0 Å². The number of nitrogens with zero attached hydrogens (tertiary/aromatic N) is 2. The molecular weight excluding hydrogens is 380 g/mol. The lowest BCUT2D eigenvalue weighted by Crippen LogP contribution is -1.98. The first kappa shape index (κ1) is 17.9. The number of azo groups is 1. The predicted molar refractivity (Wildman–Crippen MR) is 105 cm³/mol. The number of aromatic hydroxyl groups is 2. The van der Waals surface area contributed by atoms with Crippen molar-refractivity contribution in [3.05, 3.63) is 66.7 Å². The van der Waals surface area contributed by atoms with Gasteiger partial charge in [0.25, 0.3) is 10.1 Å². The van der Waals surface area contributed by atoms with Crippen LogP contribution in [0.2, 0.25) is 0 Å². The molecule has 4 rings (SSSR count). The van der Waals surface area contributed by atoms with Crippen LogP contribution in [-0.2, 0) is 10.1 Å². The van der Waals surface area contributed by atoms with E-state index in [2.05, 4.69) is 10.2 Å². The number of phenols is 2. The van der Waals surface area contributed by atoms with Crippen LogP contribution in [0.5, 0.6) is 11.5 Å². The molecule has 0 aliphatic rings. The van der Waals surface area contributed by atoms with Gasteiger partial charge in [-0.05, 0) is 35.7 Å². The SMILES string of the molecule is O=S(=O)(O)c1cccc2cccc(/N=N/c3ccc(O)c4cccc(O)c34)c12. The van der Waals surface area contributed by atoms with Crippen LogP contribution in [0.3, 0.4) is 0 Å². The molecule has 0 radical (unpaired) electrons. The molecule has 0 spiro atoms. The second-order valence-corrected chi connectivity index (χ2v) is 7.50. The highest BCUT2D eigenvalue weighted by molar-refractivity contribution is 7.86. The van der Waals surface area contributed by atoms with Gasteiger partial charge in [-0.3, -0.25) is 4.55 Å². The molecule has 0 unspecified atom stereocenters. The molecule has 4 aromatic carbocycles. The van der Waals surface area contributed by atoms with Crippen molar-refractivity contribution in [3.63, 3.8) is 0 Å². The second kappa shape index (κ2) is 6.59. The van der Waals surface area contributed by atoms with Crippen LogP contribution in [0.1, 0.15) is 0 Å². The van der Waals surface area contributed by atoms with E-state index in [1.54, 1.807) is 36.4 Å². The first-order valence-corrected chi connectivity index (χ1v) is 9.65. The van der Waals surface area contributed by atoms with Crippen LogP contribution in [0.4, 0.5) is 11.4 Å². The maximum atomic E-state index is 11.8. The van der Waals surface area contributed by atoms with Gasteiger partial charge in [-0.25, -0.2) is 0 Å². The zero-order valence-electron chi connectivity index (χ0n) is 14.3. The number of benzene rings is 4. The second-order valence-electron chi connectivity index (χ2n) is 6.11. The van der Waals surface area contributed by atoms with E-state index in [0.29, 0.717) is 21.8 Å². The normalized spacial score (nSPS) is 12.2. The smallest absolute Gasteiger partial charge is 0.295 e. The van der Waals surface area contributed by atoms with Gasteiger partial charge in [-0.2, -0.15) is 8.42 Å². The van der Waals surface area contributed by atoms with Gasteiger partial charge in [0.05, 0.1) is 16.8 Å². The van der Waals surface area contributed by atoms with Crippen LogP contribution in [0.15, 0.2) is 81.9 Å². The summed E-state index contributed by atoms with van der Waals surface area (Å²) < 4.78 is 33.0. The predicted octanol–water partition coefficient (Wildman–Crippen LogP) is 5.07. The zero-order chi connectivity index (χ0) is 19.9. The van der Waals surface area contributed by atoms with Crippen LogP contribution < -0.4 is 0 Å². The highest BCUT2D eigenvalue weighted by atomic mass is 32.2. The van der Waals surface area contributed by atoms with Gasteiger partial charge in [0, 0.05) is 10.8 Å². The largest absolute Gasteiger partial charge is 0.507 e. The number of hydrogen-bond donors (Lipinski definition) is 3. The molecule has 0 aliphatic carbocycles. The highest BCUT2D eigenvalue weighted by Crippen LogP contribution is 2.39.